The van der Waals surface area contributed by atoms with E-state index >= 15 is 0 Å². The van der Waals surface area contributed by atoms with Crippen LogP contribution in [0.1, 0.15) is 37.7 Å². The Balaban J connectivity index is 1.22. The first-order valence-corrected chi connectivity index (χ1v) is 12.6. The molecule has 7 nitrogen and oxygen atoms in total. The van der Waals surface area contributed by atoms with Crippen molar-refractivity contribution in [1.82, 2.24) is 10.2 Å². The Bertz CT molecular complexity index is 963. The molecule has 3 N–H and O–H groups in total. The number of halogens is 1. The molecule has 1 aliphatic carbocycles. The highest BCUT2D eigenvalue weighted by Crippen LogP contribution is 2.26. The van der Waals surface area contributed by atoms with Gasteiger partial charge in [-0.05, 0) is 55.7 Å². The standard InChI is InChI=1S/C26H34ClN5O2/c1-19-6-5-9-23(27)25(19)30-26(34)32-16-14-31(15-17-32)22-12-10-21(11-13-22)29-24(33)18-28-20-7-3-2-4-8-20/h5-6,9-13,20,28H,2-4,7-8,14-18H2,1H3,(H,29,33)(H,30,34). The molecule has 4 rings (SSSR count). The van der Waals surface area contributed by atoms with E-state index in [9.17, 15) is 9.59 Å². The molecule has 2 fully saturated rings. The number of aryl methyl sites for hydroxylation is 1. The number of para-hydroxylation sites is 1. The lowest BCUT2D eigenvalue weighted by Crippen LogP contribution is -2.50. The van der Waals surface area contributed by atoms with E-state index in [1.165, 1.54) is 19.3 Å². The average molecular weight is 484 g/mol. The summed E-state index contributed by atoms with van der Waals surface area (Å²) in [5.41, 5.74) is 3.49. The van der Waals surface area contributed by atoms with Gasteiger partial charge in [0.1, 0.15) is 0 Å². The van der Waals surface area contributed by atoms with Crippen molar-refractivity contribution in [1.29, 1.82) is 0 Å². The first kappa shape index (κ1) is 24.4. The summed E-state index contributed by atoms with van der Waals surface area (Å²) in [6.07, 6.45) is 6.13. The molecular weight excluding hydrogens is 450 g/mol. The first-order chi connectivity index (χ1) is 16.5. The highest BCUT2D eigenvalue weighted by atomic mass is 35.5. The molecule has 0 atom stereocenters. The number of hydrogen-bond acceptors (Lipinski definition) is 4. The normalized spacial score (nSPS) is 16.9. The van der Waals surface area contributed by atoms with Crippen molar-refractivity contribution in [2.24, 2.45) is 0 Å². The lowest BCUT2D eigenvalue weighted by molar-refractivity contribution is -0.115. The van der Waals surface area contributed by atoms with E-state index in [0.717, 1.165) is 42.9 Å². The van der Waals surface area contributed by atoms with Crippen molar-refractivity contribution in [3.63, 3.8) is 0 Å². The van der Waals surface area contributed by atoms with Gasteiger partial charge < -0.3 is 25.8 Å². The van der Waals surface area contributed by atoms with E-state index in [0.29, 0.717) is 36.4 Å². The molecule has 34 heavy (non-hydrogen) atoms. The minimum absolute atomic E-state index is 0.00768. The molecule has 1 heterocycles. The predicted molar refractivity (Wildman–Crippen MR) is 139 cm³/mol. The maximum Gasteiger partial charge on any atom is 0.322 e. The summed E-state index contributed by atoms with van der Waals surface area (Å²) >= 11 is 6.24. The van der Waals surface area contributed by atoms with Gasteiger partial charge in [-0.1, -0.05) is 43.0 Å². The highest BCUT2D eigenvalue weighted by Gasteiger charge is 2.22. The molecule has 2 aromatic carbocycles. The summed E-state index contributed by atoms with van der Waals surface area (Å²) in [5, 5.41) is 9.84. The number of urea groups is 1. The smallest absolute Gasteiger partial charge is 0.322 e. The molecule has 8 heteroatoms. The Labute approximate surface area is 206 Å². The maximum atomic E-state index is 12.7. The number of piperazine rings is 1. The Kier molecular flexibility index (Phi) is 8.29. The summed E-state index contributed by atoms with van der Waals surface area (Å²) in [4.78, 5) is 29.1. The first-order valence-electron chi connectivity index (χ1n) is 12.2. The van der Waals surface area contributed by atoms with E-state index in [-0.39, 0.29) is 11.9 Å². The average Bonchev–Trinajstić information content (AvgIpc) is 2.86. The number of anilines is 3. The molecule has 0 bridgehead atoms. The fourth-order valence-electron chi connectivity index (χ4n) is 4.65. The Morgan fingerprint density at radius 2 is 1.65 bits per heavy atom. The lowest BCUT2D eigenvalue weighted by Gasteiger charge is -2.36. The summed E-state index contributed by atoms with van der Waals surface area (Å²) in [7, 11) is 0. The molecule has 2 aliphatic rings. The van der Waals surface area contributed by atoms with Crippen molar-refractivity contribution < 1.29 is 9.59 Å². The maximum absolute atomic E-state index is 12.7. The molecule has 1 aliphatic heterocycles. The van der Waals surface area contributed by atoms with Gasteiger partial charge in [0, 0.05) is 43.6 Å². The van der Waals surface area contributed by atoms with Crippen molar-refractivity contribution >= 4 is 40.6 Å². The zero-order valence-corrected chi connectivity index (χ0v) is 20.5. The van der Waals surface area contributed by atoms with E-state index in [2.05, 4.69) is 20.9 Å². The van der Waals surface area contributed by atoms with Gasteiger partial charge in [-0.3, -0.25) is 4.79 Å². The molecule has 0 radical (unpaired) electrons. The van der Waals surface area contributed by atoms with Crippen molar-refractivity contribution in [2.45, 2.75) is 45.1 Å². The minimum atomic E-state index is -0.129. The Morgan fingerprint density at radius 3 is 2.32 bits per heavy atom. The Hall–Kier alpha value is -2.77. The largest absolute Gasteiger partial charge is 0.368 e. The highest BCUT2D eigenvalue weighted by molar-refractivity contribution is 6.33. The molecular formula is C26H34ClN5O2. The summed E-state index contributed by atoms with van der Waals surface area (Å²) in [6, 6.07) is 13.8. The third-order valence-electron chi connectivity index (χ3n) is 6.69. The van der Waals surface area contributed by atoms with Crippen LogP contribution in [0.25, 0.3) is 0 Å². The third kappa shape index (κ3) is 6.42. The van der Waals surface area contributed by atoms with Crippen LogP contribution in [0.3, 0.4) is 0 Å². The Morgan fingerprint density at radius 1 is 0.941 bits per heavy atom. The van der Waals surface area contributed by atoms with Gasteiger partial charge in [0.2, 0.25) is 5.91 Å². The monoisotopic (exact) mass is 483 g/mol. The number of carbonyl (C=O) groups is 2. The zero-order valence-electron chi connectivity index (χ0n) is 19.8. The van der Waals surface area contributed by atoms with Crippen molar-refractivity contribution in [3.8, 4) is 0 Å². The third-order valence-corrected chi connectivity index (χ3v) is 7.01. The van der Waals surface area contributed by atoms with Crippen LogP contribution >= 0.6 is 11.6 Å². The number of carbonyl (C=O) groups excluding carboxylic acids is 2. The zero-order chi connectivity index (χ0) is 23.9. The van der Waals surface area contributed by atoms with Crippen LogP contribution < -0.4 is 20.9 Å². The van der Waals surface area contributed by atoms with Gasteiger partial charge in [-0.2, -0.15) is 0 Å². The van der Waals surface area contributed by atoms with Crippen LogP contribution in [-0.2, 0) is 4.79 Å². The van der Waals surface area contributed by atoms with Gasteiger partial charge in [0.15, 0.2) is 0 Å². The topological polar surface area (TPSA) is 76.7 Å². The van der Waals surface area contributed by atoms with E-state index in [4.69, 9.17) is 11.6 Å². The molecule has 182 valence electrons. The molecule has 1 saturated carbocycles. The van der Waals surface area contributed by atoms with Gasteiger partial charge >= 0.3 is 6.03 Å². The second-order valence-electron chi connectivity index (χ2n) is 9.15. The number of nitrogens with one attached hydrogen (secondary N) is 3. The van der Waals surface area contributed by atoms with E-state index in [1.54, 1.807) is 6.07 Å². The van der Waals surface area contributed by atoms with Crippen LogP contribution in [0.4, 0.5) is 21.9 Å². The fourth-order valence-corrected chi connectivity index (χ4v) is 4.92. The van der Waals surface area contributed by atoms with E-state index < -0.39 is 0 Å². The van der Waals surface area contributed by atoms with Gasteiger partial charge in [0.05, 0.1) is 17.3 Å². The fraction of sp³-hybridized carbons (Fsp3) is 0.462. The van der Waals surface area contributed by atoms with Crippen molar-refractivity contribution in [2.75, 3.05) is 48.3 Å². The molecule has 1 saturated heterocycles. The van der Waals surface area contributed by atoms with Crippen LogP contribution in [-0.4, -0.2) is 55.6 Å². The van der Waals surface area contributed by atoms with E-state index in [1.807, 2.05) is 48.2 Å². The van der Waals surface area contributed by atoms with Crippen LogP contribution in [0.15, 0.2) is 42.5 Å². The summed E-state index contributed by atoms with van der Waals surface area (Å²) in [5.74, 6) is -0.00768. The van der Waals surface area contributed by atoms with Gasteiger partial charge in [0.25, 0.3) is 0 Å². The summed E-state index contributed by atoms with van der Waals surface area (Å²) < 4.78 is 0. The SMILES string of the molecule is Cc1cccc(Cl)c1NC(=O)N1CCN(c2ccc(NC(=O)CNC3CCCCC3)cc2)CC1. The van der Waals surface area contributed by atoms with Crippen LogP contribution in [0.2, 0.25) is 5.02 Å². The summed E-state index contributed by atoms with van der Waals surface area (Å²) in [6.45, 7) is 5.02. The molecule has 2 aromatic rings. The van der Waals surface area contributed by atoms with Crippen LogP contribution in [0, 0.1) is 6.92 Å². The molecule has 0 spiro atoms. The lowest BCUT2D eigenvalue weighted by atomic mass is 9.95. The second kappa shape index (κ2) is 11.6. The number of amides is 3. The minimum Gasteiger partial charge on any atom is -0.368 e. The van der Waals surface area contributed by atoms with Gasteiger partial charge in [-0.15, -0.1) is 0 Å². The molecule has 0 aromatic heterocycles. The quantitative estimate of drug-likeness (QED) is 0.548. The van der Waals surface area contributed by atoms with Crippen LogP contribution in [0.5, 0.6) is 0 Å². The number of nitrogens with zero attached hydrogens (tertiary/aromatic N) is 2. The van der Waals surface area contributed by atoms with Crippen molar-refractivity contribution in [3.05, 3.63) is 53.1 Å². The second-order valence-corrected chi connectivity index (χ2v) is 9.55. The number of benzene rings is 2. The molecule has 0 unspecified atom stereocenters. The number of rotatable bonds is 6. The van der Waals surface area contributed by atoms with Gasteiger partial charge in [-0.25, -0.2) is 4.79 Å². The molecule has 3 amide bonds. The predicted octanol–water partition coefficient (Wildman–Crippen LogP) is 4.86. The number of hydrogen-bond donors (Lipinski definition) is 3.